The lowest BCUT2D eigenvalue weighted by Gasteiger charge is -2.17. The van der Waals surface area contributed by atoms with Gasteiger partial charge in [0.1, 0.15) is 6.61 Å². The maximum absolute atomic E-state index is 10.2. The average molecular weight is 255 g/mol. The Morgan fingerprint density at radius 2 is 1.94 bits per heavy atom. The van der Waals surface area contributed by atoms with Gasteiger partial charge in [-0.2, -0.15) is 0 Å². The van der Waals surface area contributed by atoms with Crippen LogP contribution in [0, 0.1) is 0 Å². The lowest BCUT2D eigenvalue weighted by atomic mass is 10.2. The first-order valence-corrected chi connectivity index (χ1v) is 5.21. The molecule has 0 aromatic carbocycles. The Kier molecular flexibility index (Phi) is 6.59. The molecule has 0 spiro atoms. The molecule has 0 atom stereocenters. The topological polar surface area (TPSA) is 96.7 Å². The van der Waals surface area contributed by atoms with Crippen molar-refractivity contribution < 1.29 is 24.5 Å². The van der Waals surface area contributed by atoms with Gasteiger partial charge in [0.05, 0.1) is 11.2 Å². The highest BCUT2D eigenvalue weighted by atomic mass is 16.5. The second-order valence-electron chi connectivity index (χ2n) is 4.34. The van der Waals surface area contributed by atoms with Crippen LogP contribution < -0.4 is 0 Å². The molecule has 0 amide bonds. The van der Waals surface area contributed by atoms with Crippen LogP contribution in [0.2, 0.25) is 0 Å². The zero-order valence-corrected chi connectivity index (χ0v) is 10.6. The van der Waals surface area contributed by atoms with E-state index in [4.69, 9.17) is 14.9 Å². The number of aromatic nitrogens is 1. The average Bonchev–Trinajstić information content (AvgIpc) is 2.27. The van der Waals surface area contributed by atoms with Gasteiger partial charge in [-0.15, -0.1) is 0 Å². The Balaban J connectivity index is 0.000000321. The number of carbonyl (C=O) groups is 2. The van der Waals surface area contributed by atoms with Gasteiger partial charge in [-0.3, -0.25) is 4.98 Å². The number of aromatic carboxylic acids is 1. The Morgan fingerprint density at radius 3 is 2.17 bits per heavy atom. The Labute approximate surface area is 105 Å². The highest BCUT2D eigenvalue weighted by molar-refractivity contribution is 5.86. The van der Waals surface area contributed by atoms with E-state index in [1.165, 1.54) is 18.5 Å². The molecule has 1 rings (SSSR count). The molecule has 0 bridgehead atoms. The first kappa shape index (κ1) is 16.1. The van der Waals surface area contributed by atoms with E-state index in [-0.39, 0.29) is 17.8 Å². The first-order valence-electron chi connectivity index (χ1n) is 5.21. The van der Waals surface area contributed by atoms with Crippen molar-refractivity contribution in [3.05, 3.63) is 30.1 Å². The summed E-state index contributed by atoms with van der Waals surface area (Å²) in [5.41, 5.74) is -0.129. The third-order valence-electron chi connectivity index (χ3n) is 1.54. The Hall–Kier alpha value is -1.95. The molecule has 0 fully saturated rings. The summed E-state index contributed by atoms with van der Waals surface area (Å²) in [5.74, 6) is -1.87. The van der Waals surface area contributed by atoms with Crippen LogP contribution in [-0.4, -0.2) is 39.3 Å². The second kappa shape index (κ2) is 7.39. The standard InChI is InChI=1S/C6H5NO2.C6H12O3/c8-6(9)5-2-1-3-7-4-5;1-6(2,3)9-4-5(7)8/h1-4H,(H,8,9);4H2,1-3H3,(H,7,8). The van der Waals surface area contributed by atoms with E-state index >= 15 is 0 Å². The molecule has 0 aliphatic carbocycles. The monoisotopic (exact) mass is 255 g/mol. The predicted octanol–water partition coefficient (Wildman–Crippen LogP) is 1.67. The van der Waals surface area contributed by atoms with Crippen LogP contribution in [-0.2, 0) is 9.53 Å². The van der Waals surface area contributed by atoms with Crippen LogP contribution in [0.3, 0.4) is 0 Å². The lowest BCUT2D eigenvalue weighted by Crippen LogP contribution is -2.23. The minimum atomic E-state index is -0.942. The van der Waals surface area contributed by atoms with E-state index in [9.17, 15) is 9.59 Å². The van der Waals surface area contributed by atoms with Crippen LogP contribution in [0.15, 0.2) is 24.5 Å². The molecule has 18 heavy (non-hydrogen) atoms. The lowest BCUT2D eigenvalue weighted by molar-refractivity contribution is -0.147. The summed E-state index contributed by atoms with van der Waals surface area (Å²) >= 11 is 0. The number of nitrogens with zero attached hydrogens (tertiary/aromatic N) is 1. The van der Waals surface area contributed by atoms with Gasteiger partial charge in [0, 0.05) is 12.4 Å². The highest BCUT2D eigenvalue weighted by Gasteiger charge is 2.11. The van der Waals surface area contributed by atoms with Gasteiger partial charge in [0.15, 0.2) is 0 Å². The van der Waals surface area contributed by atoms with E-state index < -0.39 is 11.9 Å². The van der Waals surface area contributed by atoms with Crippen LogP contribution in [0.25, 0.3) is 0 Å². The Bertz CT molecular complexity index is 383. The van der Waals surface area contributed by atoms with Crippen molar-refractivity contribution in [2.45, 2.75) is 26.4 Å². The smallest absolute Gasteiger partial charge is 0.337 e. The zero-order valence-electron chi connectivity index (χ0n) is 10.6. The summed E-state index contributed by atoms with van der Waals surface area (Å²) in [6.07, 6.45) is 2.84. The maximum atomic E-state index is 10.2. The normalized spacial score (nSPS) is 10.2. The molecule has 1 aromatic rings. The van der Waals surface area contributed by atoms with E-state index in [0.29, 0.717) is 0 Å². The molecule has 0 aliphatic heterocycles. The summed E-state index contributed by atoms with van der Waals surface area (Å²) in [4.78, 5) is 23.7. The summed E-state index contributed by atoms with van der Waals surface area (Å²) < 4.78 is 4.89. The highest BCUT2D eigenvalue weighted by Crippen LogP contribution is 2.05. The molecule has 0 aliphatic rings. The molecule has 0 saturated carbocycles. The van der Waals surface area contributed by atoms with Crippen molar-refractivity contribution in [3.8, 4) is 0 Å². The van der Waals surface area contributed by atoms with Gasteiger partial charge < -0.3 is 14.9 Å². The fraction of sp³-hybridized carbons (Fsp3) is 0.417. The molecule has 0 radical (unpaired) electrons. The molecule has 0 saturated heterocycles. The summed E-state index contributed by atoms with van der Waals surface area (Å²) in [6, 6.07) is 3.08. The van der Waals surface area contributed by atoms with Crippen molar-refractivity contribution >= 4 is 11.9 Å². The van der Waals surface area contributed by atoms with Crippen LogP contribution in [0.5, 0.6) is 0 Å². The summed E-state index contributed by atoms with van der Waals surface area (Å²) in [7, 11) is 0. The van der Waals surface area contributed by atoms with Crippen LogP contribution in [0.4, 0.5) is 0 Å². The van der Waals surface area contributed by atoms with Crippen LogP contribution in [0.1, 0.15) is 31.1 Å². The third-order valence-corrected chi connectivity index (χ3v) is 1.54. The van der Waals surface area contributed by atoms with E-state index in [1.807, 2.05) is 20.8 Å². The molecular formula is C12H17NO5. The fourth-order valence-corrected chi connectivity index (χ4v) is 0.768. The van der Waals surface area contributed by atoms with Crippen molar-refractivity contribution in [2.75, 3.05) is 6.61 Å². The zero-order chi connectivity index (χ0) is 14.2. The van der Waals surface area contributed by atoms with Crippen molar-refractivity contribution in [2.24, 2.45) is 0 Å². The molecular weight excluding hydrogens is 238 g/mol. The summed E-state index contributed by atoms with van der Waals surface area (Å²) in [6.45, 7) is 5.23. The number of hydrogen-bond donors (Lipinski definition) is 2. The van der Waals surface area contributed by atoms with Gasteiger partial charge in [-0.25, -0.2) is 9.59 Å². The second-order valence-corrected chi connectivity index (χ2v) is 4.34. The predicted molar refractivity (Wildman–Crippen MR) is 64.5 cm³/mol. The maximum Gasteiger partial charge on any atom is 0.337 e. The summed E-state index contributed by atoms with van der Waals surface area (Å²) in [5, 5.41) is 16.5. The molecule has 0 unspecified atom stereocenters. The Morgan fingerprint density at radius 1 is 1.33 bits per heavy atom. The van der Waals surface area contributed by atoms with E-state index in [1.54, 1.807) is 6.07 Å². The molecule has 6 heteroatoms. The van der Waals surface area contributed by atoms with Gasteiger partial charge in [-0.05, 0) is 32.9 Å². The SMILES string of the molecule is CC(C)(C)OCC(=O)O.O=C(O)c1cccnc1. The van der Waals surface area contributed by atoms with E-state index in [0.717, 1.165) is 0 Å². The van der Waals surface area contributed by atoms with Crippen molar-refractivity contribution in [1.82, 2.24) is 4.98 Å². The molecule has 1 aromatic heterocycles. The number of aliphatic carboxylic acids is 1. The number of carboxylic acids is 2. The van der Waals surface area contributed by atoms with Crippen LogP contribution >= 0.6 is 0 Å². The number of pyridine rings is 1. The largest absolute Gasteiger partial charge is 0.480 e. The van der Waals surface area contributed by atoms with Gasteiger partial charge in [-0.1, -0.05) is 0 Å². The number of hydrogen-bond acceptors (Lipinski definition) is 4. The van der Waals surface area contributed by atoms with Crippen molar-refractivity contribution in [1.29, 1.82) is 0 Å². The van der Waals surface area contributed by atoms with Gasteiger partial charge in [0.25, 0.3) is 0 Å². The number of carboxylic acid groups (broad SMARTS) is 2. The quantitative estimate of drug-likeness (QED) is 0.852. The van der Waals surface area contributed by atoms with Gasteiger partial charge >= 0.3 is 11.9 Å². The molecule has 1 heterocycles. The first-order chi connectivity index (χ1) is 8.22. The third kappa shape index (κ3) is 9.29. The fourth-order valence-electron chi connectivity index (χ4n) is 0.768. The minimum absolute atomic E-state index is 0.219. The number of rotatable bonds is 3. The minimum Gasteiger partial charge on any atom is -0.480 e. The number of ether oxygens (including phenoxy) is 1. The molecule has 2 N–H and O–H groups in total. The molecule has 100 valence electrons. The molecule has 6 nitrogen and oxygen atoms in total. The van der Waals surface area contributed by atoms with Gasteiger partial charge in [0.2, 0.25) is 0 Å². The van der Waals surface area contributed by atoms with Crippen molar-refractivity contribution in [3.63, 3.8) is 0 Å². The van der Waals surface area contributed by atoms with E-state index in [2.05, 4.69) is 4.98 Å².